The van der Waals surface area contributed by atoms with Gasteiger partial charge in [0.2, 0.25) is 0 Å². The zero-order chi connectivity index (χ0) is 31.3. The van der Waals surface area contributed by atoms with E-state index in [9.17, 15) is 0 Å². The Balaban J connectivity index is 4.68. The van der Waals surface area contributed by atoms with E-state index in [-0.39, 0.29) is 0 Å². The molecule has 0 aromatic heterocycles. The summed E-state index contributed by atoms with van der Waals surface area (Å²) in [7, 11) is 0. The van der Waals surface area contributed by atoms with E-state index < -0.39 is 0 Å². The van der Waals surface area contributed by atoms with E-state index in [1.807, 2.05) is 0 Å². The maximum Gasteiger partial charge on any atom is -0.0412 e. The van der Waals surface area contributed by atoms with Crippen LogP contribution in [0.3, 0.4) is 0 Å². The molecule has 260 valence electrons. The summed E-state index contributed by atoms with van der Waals surface area (Å²) in [6, 6.07) is 0. The minimum atomic E-state index is 1.02. The Morgan fingerprint density at radius 3 is 0.558 bits per heavy atom. The van der Waals surface area contributed by atoms with Crippen molar-refractivity contribution < 1.29 is 0 Å². The van der Waals surface area contributed by atoms with E-state index in [1.54, 1.807) is 6.42 Å². The molecule has 0 nitrogen and oxygen atoms in total. The van der Waals surface area contributed by atoms with Crippen molar-refractivity contribution in [3.63, 3.8) is 0 Å². The maximum atomic E-state index is 2.34. The van der Waals surface area contributed by atoms with E-state index in [4.69, 9.17) is 0 Å². The molecule has 0 unspecified atom stereocenters. The zero-order valence-corrected chi connectivity index (χ0v) is 31.3. The van der Waals surface area contributed by atoms with E-state index in [2.05, 4.69) is 27.7 Å². The first-order valence-electron chi connectivity index (χ1n) is 21.3. The second kappa shape index (κ2) is 38.2. The fourth-order valence-corrected chi connectivity index (χ4v) is 7.50. The lowest BCUT2D eigenvalue weighted by molar-refractivity contribution is 0.282. The van der Waals surface area contributed by atoms with E-state index in [0.29, 0.717) is 0 Å². The van der Waals surface area contributed by atoms with Crippen molar-refractivity contribution in [1.82, 2.24) is 0 Å². The van der Waals surface area contributed by atoms with Crippen LogP contribution in [-0.4, -0.2) is 0 Å². The molecule has 0 heterocycles. The van der Waals surface area contributed by atoms with Crippen molar-refractivity contribution in [1.29, 1.82) is 0 Å². The summed E-state index contributed by atoms with van der Waals surface area (Å²) < 4.78 is 0. The molecule has 0 aliphatic carbocycles. The quantitative estimate of drug-likeness (QED) is 0.0615. The third kappa shape index (κ3) is 34.7. The fourth-order valence-electron chi connectivity index (χ4n) is 7.50. The van der Waals surface area contributed by atoms with Crippen LogP contribution in [0.15, 0.2) is 0 Å². The molecule has 0 aliphatic rings. The van der Waals surface area contributed by atoms with Gasteiger partial charge in [-0.25, -0.2) is 0 Å². The summed E-state index contributed by atoms with van der Waals surface area (Å²) in [5.41, 5.74) is 0. The van der Waals surface area contributed by atoms with E-state index in [1.165, 1.54) is 231 Å². The van der Waals surface area contributed by atoms with Crippen LogP contribution in [0, 0.1) is 11.8 Å². The van der Waals surface area contributed by atoms with Gasteiger partial charge in [0.1, 0.15) is 0 Å². The molecule has 0 atom stereocenters. The van der Waals surface area contributed by atoms with Crippen molar-refractivity contribution >= 4 is 0 Å². The molecular formula is C43H88. The molecule has 0 spiro atoms. The second-order valence-corrected chi connectivity index (χ2v) is 15.0. The summed E-state index contributed by atoms with van der Waals surface area (Å²) in [4.78, 5) is 0. The monoisotopic (exact) mass is 605 g/mol. The first kappa shape index (κ1) is 43.0. The molecule has 0 radical (unpaired) electrons. The van der Waals surface area contributed by atoms with Crippen LogP contribution in [0.25, 0.3) is 0 Å². The third-order valence-electron chi connectivity index (χ3n) is 10.5. The van der Waals surface area contributed by atoms with Gasteiger partial charge in [0.15, 0.2) is 0 Å². The van der Waals surface area contributed by atoms with Crippen molar-refractivity contribution in [3.8, 4) is 0 Å². The average molecular weight is 605 g/mol. The Morgan fingerprint density at radius 2 is 0.372 bits per heavy atom. The van der Waals surface area contributed by atoms with Crippen molar-refractivity contribution in [2.75, 3.05) is 0 Å². The van der Waals surface area contributed by atoms with Gasteiger partial charge in [0.25, 0.3) is 0 Å². The second-order valence-electron chi connectivity index (χ2n) is 15.0. The normalized spacial score (nSPS) is 11.9. The summed E-state index contributed by atoms with van der Waals surface area (Å²) in [5, 5.41) is 0. The smallest absolute Gasteiger partial charge is 0.0412 e. The zero-order valence-electron chi connectivity index (χ0n) is 31.3. The third-order valence-corrected chi connectivity index (χ3v) is 10.5. The van der Waals surface area contributed by atoms with Crippen molar-refractivity contribution in [2.45, 2.75) is 265 Å². The molecule has 0 amide bonds. The summed E-state index contributed by atoms with van der Waals surface area (Å²) in [5.74, 6) is 2.04. The van der Waals surface area contributed by atoms with Gasteiger partial charge in [0.05, 0.1) is 0 Å². The highest BCUT2D eigenvalue weighted by Crippen LogP contribution is 2.31. The molecule has 0 heteroatoms. The highest BCUT2D eigenvalue weighted by atomic mass is 14.2. The van der Waals surface area contributed by atoms with Crippen molar-refractivity contribution in [2.24, 2.45) is 11.8 Å². The Labute approximate surface area is 276 Å². The summed E-state index contributed by atoms with van der Waals surface area (Å²) >= 11 is 0. The lowest BCUT2D eigenvalue weighted by Gasteiger charge is -2.24. The summed E-state index contributed by atoms with van der Waals surface area (Å²) in [6.07, 6.45) is 54.8. The van der Waals surface area contributed by atoms with Gasteiger partial charge in [-0.3, -0.25) is 0 Å². The molecule has 0 N–H and O–H groups in total. The molecular weight excluding hydrogens is 516 g/mol. The van der Waals surface area contributed by atoms with Gasteiger partial charge in [-0.05, 0) is 18.3 Å². The van der Waals surface area contributed by atoms with Gasteiger partial charge in [-0.2, -0.15) is 0 Å². The Morgan fingerprint density at radius 1 is 0.209 bits per heavy atom. The molecule has 0 fully saturated rings. The van der Waals surface area contributed by atoms with Gasteiger partial charge >= 0.3 is 0 Å². The Bertz CT molecular complexity index is 385. The molecule has 0 rings (SSSR count). The minimum Gasteiger partial charge on any atom is -0.0654 e. The molecule has 0 aromatic rings. The predicted octanol–water partition coefficient (Wildman–Crippen LogP) is 16.7. The molecule has 0 aliphatic heterocycles. The molecule has 43 heavy (non-hydrogen) atoms. The number of hydrogen-bond acceptors (Lipinski definition) is 0. The van der Waals surface area contributed by atoms with Crippen LogP contribution in [0.2, 0.25) is 0 Å². The van der Waals surface area contributed by atoms with Crippen LogP contribution in [0.4, 0.5) is 0 Å². The van der Waals surface area contributed by atoms with Gasteiger partial charge < -0.3 is 0 Å². The SMILES string of the molecule is CCCCCCCCCCC(CCCCCCCCCC)CC(CCCCCCCCCC)CCCCCCCCCC. The van der Waals surface area contributed by atoms with Gasteiger partial charge in [0, 0.05) is 0 Å². The average Bonchev–Trinajstić information content (AvgIpc) is 3.01. The largest absolute Gasteiger partial charge is 0.0654 e. The molecule has 0 saturated carbocycles. The Kier molecular flexibility index (Phi) is 38.2. The van der Waals surface area contributed by atoms with E-state index >= 15 is 0 Å². The topological polar surface area (TPSA) is 0 Å². The van der Waals surface area contributed by atoms with Crippen LogP contribution < -0.4 is 0 Å². The fraction of sp³-hybridized carbons (Fsp3) is 1.00. The van der Waals surface area contributed by atoms with Crippen LogP contribution in [0.1, 0.15) is 265 Å². The van der Waals surface area contributed by atoms with Gasteiger partial charge in [-0.15, -0.1) is 0 Å². The number of unbranched alkanes of at least 4 members (excludes halogenated alkanes) is 28. The van der Waals surface area contributed by atoms with Crippen LogP contribution in [-0.2, 0) is 0 Å². The highest BCUT2D eigenvalue weighted by molar-refractivity contribution is 4.69. The molecule has 0 aromatic carbocycles. The van der Waals surface area contributed by atoms with Crippen molar-refractivity contribution in [3.05, 3.63) is 0 Å². The Hall–Kier alpha value is 0. The van der Waals surface area contributed by atoms with Crippen LogP contribution in [0.5, 0.6) is 0 Å². The number of hydrogen-bond donors (Lipinski definition) is 0. The van der Waals surface area contributed by atoms with E-state index in [0.717, 1.165) is 11.8 Å². The lowest BCUT2D eigenvalue weighted by Crippen LogP contribution is -2.11. The van der Waals surface area contributed by atoms with Crippen LogP contribution >= 0.6 is 0 Å². The number of rotatable bonds is 38. The first-order valence-corrected chi connectivity index (χ1v) is 21.3. The minimum absolute atomic E-state index is 1.02. The molecule has 0 bridgehead atoms. The predicted molar refractivity (Wildman–Crippen MR) is 201 cm³/mol. The standard InChI is InChI=1S/C43H88/c1-5-9-13-17-21-25-29-33-37-42(38-34-30-26-22-18-14-10-6-2)41-43(39-35-31-27-23-19-15-11-7-3)40-36-32-28-24-20-16-12-8-4/h42-43H,5-41H2,1-4H3. The lowest BCUT2D eigenvalue weighted by atomic mass is 9.81. The summed E-state index contributed by atoms with van der Waals surface area (Å²) in [6.45, 7) is 9.35. The highest BCUT2D eigenvalue weighted by Gasteiger charge is 2.17. The molecule has 0 saturated heterocycles. The maximum absolute atomic E-state index is 2.34. The van der Waals surface area contributed by atoms with Gasteiger partial charge in [-0.1, -0.05) is 259 Å². The first-order chi connectivity index (χ1) is 21.3.